The molecule has 2 heterocycles. The van der Waals surface area contributed by atoms with Crippen molar-refractivity contribution in [2.45, 2.75) is 38.3 Å². The number of hydrogen-bond donors (Lipinski definition) is 2. The Hall–Kier alpha value is -1.34. The summed E-state index contributed by atoms with van der Waals surface area (Å²) in [6.45, 7) is 2.43. The molecular weight excluding hydrogens is 298 g/mol. The van der Waals surface area contributed by atoms with Gasteiger partial charge in [-0.15, -0.1) is 0 Å². The lowest BCUT2D eigenvalue weighted by Gasteiger charge is -2.30. The van der Waals surface area contributed by atoms with E-state index in [-0.39, 0.29) is 11.9 Å². The summed E-state index contributed by atoms with van der Waals surface area (Å²) >= 11 is 1.70. The Morgan fingerprint density at radius 2 is 2.36 bits per heavy atom. The summed E-state index contributed by atoms with van der Waals surface area (Å²) in [6, 6.07) is 1.92. The molecule has 22 heavy (non-hydrogen) atoms. The number of aromatic nitrogens is 2. The normalized spacial score (nSPS) is 18.7. The van der Waals surface area contributed by atoms with Gasteiger partial charge in [-0.05, 0) is 44.7 Å². The van der Waals surface area contributed by atoms with E-state index in [1.807, 2.05) is 11.2 Å². The summed E-state index contributed by atoms with van der Waals surface area (Å²) in [5.41, 5.74) is 5.73. The summed E-state index contributed by atoms with van der Waals surface area (Å²) in [5, 5.41) is 3.39. The van der Waals surface area contributed by atoms with Gasteiger partial charge in [-0.3, -0.25) is 4.79 Å². The van der Waals surface area contributed by atoms with Crippen molar-refractivity contribution >= 4 is 23.5 Å². The van der Waals surface area contributed by atoms with E-state index in [0.29, 0.717) is 24.6 Å². The van der Waals surface area contributed by atoms with Crippen molar-refractivity contribution in [1.82, 2.24) is 20.2 Å². The first-order valence-electron chi connectivity index (χ1n) is 7.77. The van der Waals surface area contributed by atoms with Gasteiger partial charge in [0.15, 0.2) is 0 Å². The van der Waals surface area contributed by atoms with E-state index in [9.17, 15) is 4.79 Å². The molecule has 0 bridgehead atoms. The second-order valence-corrected chi connectivity index (χ2v) is 6.48. The molecule has 2 rings (SSSR count). The number of nitrogen functional groups attached to an aromatic ring is 1. The van der Waals surface area contributed by atoms with Crippen LogP contribution in [-0.2, 0) is 11.3 Å². The number of carbonyl (C=O) groups excluding carboxylic acids is 1. The van der Waals surface area contributed by atoms with E-state index in [1.54, 1.807) is 24.0 Å². The topological polar surface area (TPSA) is 84.1 Å². The van der Waals surface area contributed by atoms with Crippen molar-refractivity contribution < 1.29 is 4.79 Å². The van der Waals surface area contributed by atoms with Crippen molar-refractivity contribution in [3.63, 3.8) is 0 Å². The first kappa shape index (κ1) is 17.0. The Kier molecular flexibility index (Phi) is 6.92. The highest BCUT2D eigenvalue weighted by molar-refractivity contribution is 7.98. The van der Waals surface area contributed by atoms with E-state index in [4.69, 9.17) is 5.73 Å². The lowest BCUT2D eigenvalue weighted by Crippen LogP contribution is -2.41. The zero-order valence-electron chi connectivity index (χ0n) is 13.1. The molecule has 0 radical (unpaired) electrons. The molecule has 6 nitrogen and oxygen atoms in total. The maximum atomic E-state index is 12.6. The zero-order valence-corrected chi connectivity index (χ0v) is 13.9. The van der Waals surface area contributed by atoms with E-state index < -0.39 is 0 Å². The molecule has 1 aliphatic heterocycles. The number of thioether (sulfide) groups is 1. The molecule has 1 saturated heterocycles. The number of nitrogens with zero attached hydrogens (tertiary/aromatic N) is 3. The molecule has 1 fully saturated rings. The van der Waals surface area contributed by atoms with Crippen molar-refractivity contribution in [3.8, 4) is 0 Å². The fraction of sp³-hybridized carbons (Fsp3) is 0.667. The Labute approximate surface area is 136 Å². The predicted molar refractivity (Wildman–Crippen MR) is 90.5 cm³/mol. The molecule has 0 aromatic carbocycles. The van der Waals surface area contributed by atoms with Crippen molar-refractivity contribution in [3.05, 3.63) is 18.1 Å². The van der Waals surface area contributed by atoms with Crippen LogP contribution in [-0.4, -0.2) is 51.9 Å². The Balaban J connectivity index is 2.10. The van der Waals surface area contributed by atoms with Crippen LogP contribution in [0.25, 0.3) is 0 Å². The second-order valence-electron chi connectivity index (χ2n) is 5.50. The van der Waals surface area contributed by atoms with Gasteiger partial charge in [0.1, 0.15) is 11.6 Å². The molecule has 1 amide bonds. The minimum Gasteiger partial charge on any atom is -0.384 e. The predicted octanol–water partition coefficient (Wildman–Crippen LogP) is 1.28. The monoisotopic (exact) mass is 323 g/mol. The van der Waals surface area contributed by atoms with E-state index >= 15 is 0 Å². The zero-order chi connectivity index (χ0) is 15.8. The van der Waals surface area contributed by atoms with E-state index in [0.717, 1.165) is 38.1 Å². The molecule has 122 valence electrons. The number of anilines is 1. The first-order chi connectivity index (χ1) is 10.7. The molecule has 0 spiro atoms. The fourth-order valence-corrected chi connectivity index (χ4v) is 3.09. The summed E-state index contributed by atoms with van der Waals surface area (Å²) in [4.78, 5) is 23.1. The molecule has 1 aromatic rings. The number of carbonyl (C=O) groups is 1. The molecule has 7 heteroatoms. The fourth-order valence-electron chi connectivity index (χ4n) is 2.71. The lowest BCUT2D eigenvalue weighted by atomic mass is 10.1. The van der Waals surface area contributed by atoms with Crippen LogP contribution in [0.2, 0.25) is 0 Å². The number of nitrogens with one attached hydrogen (secondary N) is 1. The Morgan fingerprint density at radius 1 is 1.50 bits per heavy atom. The molecule has 3 N–H and O–H groups in total. The van der Waals surface area contributed by atoms with Gasteiger partial charge in [0, 0.05) is 24.4 Å². The van der Waals surface area contributed by atoms with Gasteiger partial charge in [0.05, 0.1) is 6.54 Å². The van der Waals surface area contributed by atoms with E-state index in [1.165, 1.54) is 0 Å². The second kappa shape index (κ2) is 8.95. The summed E-state index contributed by atoms with van der Waals surface area (Å²) in [5.74, 6) is 2.10. The van der Waals surface area contributed by atoms with Gasteiger partial charge < -0.3 is 16.0 Å². The number of nitrogens with two attached hydrogens (primary N) is 1. The number of hydrogen-bond acceptors (Lipinski definition) is 6. The average molecular weight is 323 g/mol. The van der Waals surface area contributed by atoms with Crippen LogP contribution >= 0.6 is 11.8 Å². The molecule has 0 saturated carbocycles. The molecule has 1 aromatic heterocycles. The Bertz CT molecular complexity index is 477. The third kappa shape index (κ3) is 5.14. The minimum atomic E-state index is 0.187. The third-order valence-corrected chi connectivity index (χ3v) is 4.48. The molecule has 1 aliphatic rings. The maximum absolute atomic E-state index is 12.6. The largest absolute Gasteiger partial charge is 0.384 e. The maximum Gasteiger partial charge on any atom is 0.224 e. The number of amides is 1. The molecule has 0 aliphatic carbocycles. The highest BCUT2D eigenvalue weighted by Gasteiger charge is 2.25. The van der Waals surface area contributed by atoms with Gasteiger partial charge in [-0.25, -0.2) is 9.97 Å². The highest BCUT2D eigenvalue weighted by atomic mass is 32.2. The van der Waals surface area contributed by atoms with Crippen LogP contribution in [0.1, 0.15) is 31.5 Å². The van der Waals surface area contributed by atoms with Crippen LogP contribution in [0, 0.1) is 0 Å². The van der Waals surface area contributed by atoms with E-state index in [2.05, 4.69) is 15.3 Å². The van der Waals surface area contributed by atoms with Gasteiger partial charge in [0.2, 0.25) is 5.91 Å². The molecule has 1 unspecified atom stereocenters. The van der Waals surface area contributed by atoms with Crippen LogP contribution in [0.5, 0.6) is 0 Å². The van der Waals surface area contributed by atoms with Crippen molar-refractivity contribution in [2.24, 2.45) is 0 Å². The third-order valence-electron chi connectivity index (χ3n) is 3.87. The first-order valence-corrected chi connectivity index (χ1v) is 9.16. The molecule has 1 atom stereocenters. The molecular formula is C15H25N5OS. The van der Waals surface area contributed by atoms with Crippen LogP contribution in [0.15, 0.2) is 12.3 Å². The van der Waals surface area contributed by atoms with Crippen molar-refractivity contribution in [2.75, 3.05) is 30.8 Å². The van der Waals surface area contributed by atoms with Gasteiger partial charge in [0.25, 0.3) is 0 Å². The SMILES string of the molecule is CSCCC(=O)N(Cc1nccc(N)n1)C1CCCNCC1. The van der Waals surface area contributed by atoms with Gasteiger partial charge >= 0.3 is 0 Å². The summed E-state index contributed by atoms with van der Waals surface area (Å²) < 4.78 is 0. The lowest BCUT2D eigenvalue weighted by molar-refractivity contribution is -0.134. The smallest absolute Gasteiger partial charge is 0.224 e. The van der Waals surface area contributed by atoms with Crippen LogP contribution in [0.4, 0.5) is 5.82 Å². The Morgan fingerprint density at radius 3 is 3.14 bits per heavy atom. The average Bonchev–Trinajstić information content (AvgIpc) is 2.79. The highest BCUT2D eigenvalue weighted by Crippen LogP contribution is 2.18. The van der Waals surface area contributed by atoms with Crippen LogP contribution < -0.4 is 11.1 Å². The summed E-state index contributed by atoms with van der Waals surface area (Å²) in [6.07, 6.45) is 7.33. The van der Waals surface area contributed by atoms with Crippen LogP contribution in [0.3, 0.4) is 0 Å². The summed E-state index contributed by atoms with van der Waals surface area (Å²) in [7, 11) is 0. The standard InChI is InChI=1S/C15H25N5OS/c1-22-10-6-15(21)20(12-3-2-7-17-8-4-12)11-14-18-9-5-13(16)19-14/h5,9,12,17H,2-4,6-8,10-11H2,1H3,(H2,16,18,19). The quantitative estimate of drug-likeness (QED) is 0.820. The van der Waals surface area contributed by atoms with Crippen molar-refractivity contribution in [1.29, 1.82) is 0 Å². The van der Waals surface area contributed by atoms with Gasteiger partial charge in [-0.1, -0.05) is 0 Å². The number of rotatable bonds is 6. The van der Waals surface area contributed by atoms with Gasteiger partial charge in [-0.2, -0.15) is 11.8 Å². The minimum absolute atomic E-state index is 0.187.